The summed E-state index contributed by atoms with van der Waals surface area (Å²) in [6.07, 6.45) is 6.07. The number of carbonyl (C=O) groups is 1. The van der Waals surface area contributed by atoms with Crippen molar-refractivity contribution in [2.75, 3.05) is 19.7 Å². The van der Waals surface area contributed by atoms with Crippen molar-refractivity contribution in [2.24, 2.45) is 11.3 Å². The number of aromatic nitrogens is 2. The van der Waals surface area contributed by atoms with Crippen LogP contribution in [0.25, 0.3) is 0 Å². The number of phenols is 1. The molecule has 2 unspecified atom stereocenters. The molecule has 5 rings (SSSR count). The van der Waals surface area contributed by atoms with E-state index in [1.165, 1.54) is 24.6 Å². The van der Waals surface area contributed by atoms with E-state index >= 15 is 0 Å². The zero-order valence-electron chi connectivity index (χ0n) is 14.6. The molecule has 2 aromatic rings. The maximum Gasteiger partial charge on any atom is 0.157 e. The van der Waals surface area contributed by atoms with Crippen LogP contribution >= 0.6 is 0 Å². The van der Waals surface area contributed by atoms with Crippen LogP contribution in [-0.4, -0.2) is 40.9 Å². The van der Waals surface area contributed by atoms with E-state index in [1.807, 2.05) is 6.20 Å². The lowest BCUT2D eigenvalue weighted by Crippen LogP contribution is -2.32. The fourth-order valence-corrected chi connectivity index (χ4v) is 4.77. The summed E-state index contributed by atoms with van der Waals surface area (Å²) in [5.74, 6) is 1.41. The molecule has 2 aliphatic carbocycles. The van der Waals surface area contributed by atoms with Crippen LogP contribution in [0.1, 0.15) is 47.3 Å². The van der Waals surface area contributed by atoms with Gasteiger partial charge in [0.1, 0.15) is 11.5 Å². The van der Waals surface area contributed by atoms with E-state index in [2.05, 4.69) is 21.2 Å². The van der Waals surface area contributed by atoms with Gasteiger partial charge in [-0.15, -0.1) is 0 Å². The van der Waals surface area contributed by atoms with Gasteiger partial charge in [-0.25, -0.2) is 0 Å². The number of ether oxygens (including phenoxy) is 1. The van der Waals surface area contributed by atoms with Gasteiger partial charge in [0.15, 0.2) is 6.29 Å². The number of aldehydes is 1. The Labute approximate surface area is 152 Å². The molecule has 6 nitrogen and oxygen atoms in total. The summed E-state index contributed by atoms with van der Waals surface area (Å²) in [4.78, 5) is 11.3. The van der Waals surface area contributed by atoms with Gasteiger partial charge in [-0.3, -0.25) is 9.48 Å². The number of hydrogen-bond donors (Lipinski definition) is 2. The molecule has 1 aromatic heterocycles. The van der Waals surface area contributed by atoms with Gasteiger partial charge in [-0.2, -0.15) is 5.10 Å². The van der Waals surface area contributed by atoms with Gasteiger partial charge < -0.3 is 15.2 Å². The maximum atomic E-state index is 11.3. The predicted molar refractivity (Wildman–Crippen MR) is 95.6 cm³/mol. The molecule has 3 fully saturated rings. The van der Waals surface area contributed by atoms with Crippen LogP contribution in [0.2, 0.25) is 0 Å². The number of nitrogens with zero attached hydrogens (tertiary/aromatic N) is 2. The largest absolute Gasteiger partial charge is 0.507 e. The number of piperidine rings is 1. The van der Waals surface area contributed by atoms with Crippen molar-refractivity contribution in [3.05, 3.63) is 41.7 Å². The lowest BCUT2D eigenvalue weighted by atomic mass is 9.95. The maximum absolute atomic E-state index is 11.3. The number of fused-ring (bicyclic) bond motifs is 1. The summed E-state index contributed by atoms with van der Waals surface area (Å²) in [6.45, 7) is 2.53. The molecule has 0 spiro atoms. The van der Waals surface area contributed by atoms with Crippen LogP contribution in [0.5, 0.6) is 11.5 Å². The lowest BCUT2D eigenvalue weighted by Gasteiger charge is -2.24. The van der Waals surface area contributed by atoms with Gasteiger partial charge in [-0.1, -0.05) is 6.07 Å². The Bertz CT molecular complexity index is 845. The highest BCUT2D eigenvalue weighted by atomic mass is 16.5. The monoisotopic (exact) mass is 353 g/mol. The van der Waals surface area contributed by atoms with E-state index in [0.717, 1.165) is 19.5 Å². The standard InChI is InChI=1S/C20H23N3O3/c24-11-14-17(25)2-1-3-18(14)26-12-20-7-9-21-10-15(20)19(20)16-6-8-22-23(16)13-4-5-13/h1-3,6,8,11,13,15,19,21,25H,4-5,7,9-10,12H2/t15?,19?,20-/m0/s1. The highest BCUT2D eigenvalue weighted by Gasteiger charge is 2.67. The van der Waals surface area contributed by atoms with Crippen LogP contribution in [0.3, 0.4) is 0 Å². The van der Waals surface area contributed by atoms with Crippen molar-refractivity contribution in [1.82, 2.24) is 15.1 Å². The normalized spacial score (nSPS) is 29.8. The first-order chi connectivity index (χ1) is 12.7. The Morgan fingerprint density at radius 1 is 1.38 bits per heavy atom. The number of carbonyl (C=O) groups excluding carboxylic acids is 1. The average molecular weight is 353 g/mol. The van der Waals surface area contributed by atoms with E-state index in [0.29, 0.717) is 36.5 Å². The first-order valence-corrected chi connectivity index (χ1v) is 9.39. The second kappa shape index (κ2) is 5.84. The first-order valence-electron chi connectivity index (χ1n) is 9.39. The van der Waals surface area contributed by atoms with Crippen molar-refractivity contribution < 1.29 is 14.6 Å². The van der Waals surface area contributed by atoms with E-state index in [-0.39, 0.29) is 16.7 Å². The third-order valence-electron chi connectivity index (χ3n) is 6.35. The third-order valence-corrected chi connectivity index (χ3v) is 6.35. The smallest absolute Gasteiger partial charge is 0.157 e. The number of aromatic hydroxyl groups is 1. The number of phenolic OH excluding ortho intramolecular Hbond substituents is 1. The minimum absolute atomic E-state index is 0.0315. The van der Waals surface area contributed by atoms with Crippen molar-refractivity contribution in [3.8, 4) is 11.5 Å². The fraction of sp³-hybridized carbons (Fsp3) is 0.500. The van der Waals surface area contributed by atoms with Crippen LogP contribution in [0.15, 0.2) is 30.5 Å². The molecule has 0 amide bonds. The van der Waals surface area contributed by atoms with Crippen molar-refractivity contribution in [1.29, 1.82) is 0 Å². The summed E-state index contributed by atoms with van der Waals surface area (Å²) in [5.41, 5.74) is 1.65. The summed E-state index contributed by atoms with van der Waals surface area (Å²) < 4.78 is 8.31. The zero-order chi connectivity index (χ0) is 17.7. The fourth-order valence-electron chi connectivity index (χ4n) is 4.77. The van der Waals surface area contributed by atoms with Crippen molar-refractivity contribution in [3.63, 3.8) is 0 Å². The molecular weight excluding hydrogens is 330 g/mol. The van der Waals surface area contributed by atoms with Crippen LogP contribution in [-0.2, 0) is 0 Å². The summed E-state index contributed by atoms with van der Waals surface area (Å²) in [7, 11) is 0. The molecule has 0 radical (unpaired) electrons. The van der Waals surface area contributed by atoms with Gasteiger partial charge in [0.2, 0.25) is 0 Å². The SMILES string of the molecule is O=Cc1c(O)cccc1OC[C@@]12CCNCC1C2c1ccnn1C1CC1. The first kappa shape index (κ1) is 15.9. The highest BCUT2D eigenvalue weighted by Crippen LogP contribution is 2.68. The minimum atomic E-state index is -0.0315. The Morgan fingerprint density at radius 3 is 3.08 bits per heavy atom. The zero-order valence-corrected chi connectivity index (χ0v) is 14.6. The molecule has 3 atom stereocenters. The summed E-state index contributed by atoms with van der Waals surface area (Å²) >= 11 is 0. The summed E-state index contributed by atoms with van der Waals surface area (Å²) in [6, 6.07) is 7.70. The molecule has 26 heavy (non-hydrogen) atoms. The summed E-state index contributed by atoms with van der Waals surface area (Å²) in [5, 5.41) is 17.9. The number of benzene rings is 1. The predicted octanol–water partition coefficient (Wildman–Crippen LogP) is 2.51. The average Bonchev–Trinajstić information content (AvgIpc) is 3.56. The van der Waals surface area contributed by atoms with Crippen LogP contribution in [0, 0.1) is 11.3 Å². The number of rotatable bonds is 6. The molecule has 6 heteroatoms. The lowest BCUT2D eigenvalue weighted by molar-refractivity contribution is 0.111. The van der Waals surface area contributed by atoms with Gasteiger partial charge >= 0.3 is 0 Å². The Morgan fingerprint density at radius 2 is 2.27 bits per heavy atom. The van der Waals surface area contributed by atoms with E-state index in [4.69, 9.17) is 4.74 Å². The Hall–Kier alpha value is -2.34. The third kappa shape index (κ3) is 2.35. The molecule has 0 bridgehead atoms. The molecule has 2 saturated carbocycles. The number of nitrogens with one attached hydrogen (secondary N) is 1. The van der Waals surface area contributed by atoms with Crippen molar-refractivity contribution >= 4 is 6.29 Å². The molecule has 2 N–H and O–H groups in total. The molecule has 1 aliphatic heterocycles. The second-order valence-corrected chi connectivity index (χ2v) is 7.80. The van der Waals surface area contributed by atoms with Gasteiger partial charge in [0.05, 0.1) is 18.2 Å². The Kier molecular flexibility index (Phi) is 3.57. The molecule has 1 saturated heterocycles. The van der Waals surface area contributed by atoms with Crippen LogP contribution in [0.4, 0.5) is 0 Å². The number of hydrogen-bond acceptors (Lipinski definition) is 5. The van der Waals surface area contributed by atoms with Gasteiger partial charge in [-0.05, 0) is 56.5 Å². The minimum Gasteiger partial charge on any atom is -0.507 e. The Balaban J connectivity index is 1.41. The van der Waals surface area contributed by atoms with Crippen LogP contribution < -0.4 is 10.1 Å². The molecule has 2 heterocycles. The van der Waals surface area contributed by atoms with E-state index in [9.17, 15) is 9.90 Å². The molecular formula is C20H23N3O3. The molecule has 3 aliphatic rings. The molecule has 1 aromatic carbocycles. The highest BCUT2D eigenvalue weighted by molar-refractivity contribution is 5.83. The second-order valence-electron chi connectivity index (χ2n) is 7.80. The van der Waals surface area contributed by atoms with Gasteiger partial charge in [0, 0.05) is 23.2 Å². The van der Waals surface area contributed by atoms with E-state index < -0.39 is 0 Å². The molecule has 136 valence electrons. The van der Waals surface area contributed by atoms with Gasteiger partial charge in [0.25, 0.3) is 0 Å². The topological polar surface area (TPSA) is 76.4 Å². The quantitative estimate of drug-likeness (QED) is 0.781. The van der Waals surface area contributed by atoms with E-state index in [1.54, 1.807) is 12.1 Å². The van der Waals surface area contributed by atoms with Crippen molar-refractivity contribution in [2.45, 2.75) is 31.2 Å².